The van der Waals surface area contributed by atoms with Crippen LogP contribution in [-0.4, -0.2) is 67.3 Å². The van der Waals surface area contributed by atoms with Crippen LogP contribution in [0.2, 0.25) is 5.15 Å². The third kappa shape index (κ3) is 5.32. The molecule has 4 heterocycles. The number of likely N-dealkylation sites (tertiary alicyclic amines) is 1. The van der Waals surface area contributed by atoms with Gasteiger partial charge in [0.1, 0.15) is 32.8 Å². The van der Waals surface area contributed by atoms with Gasteiger partial charge in [-0.1, -0.05) is 23.2 Å². The molecule has 2 amide bonds. The highest BCUT2D eigenvalue weighted by atomic mass is 35.5. The van der Waals surface area contributed by atoms with Crippen LogP contribution in [0.15, 0.2) is 24.3 Å². The van der Waals surface area contributed by atoms with E-state index in [1.807, 2.05) is 0 Å². The molecule has 5 N–H and O–H groups in total. The van der Waals surface area contributed by atoms with Crippen molar-refractivity contribution in [2.45, 2.75) is 31.7 Å². The summed E-state index contributed by atoms with van der Waals surface area (Å²) in [5.41, 5.74) is 1.93. The Labute approximate surface area is 238 Å². The zero-order valence-corrected chi connectivity index (χ0v) is 23.1. The van der Waals surface area contributed by atoms with Gasteiger partial charge in [0.05, 0.1) is 11.3 Å². The smallest absolute Gasteiger partial charge is 0.263 e. The van der Waals surface area contributed by atoms with Crippen LogP contribution in [0.4, 0.5) is 16.4 Å². The third-order valence-electron chi connectivity index (χ3n) is 6.67. The van der Waals surface area contributed by atoms with Crippen molar-refractivity contribution in [1.82, 2.24) is 19.6 Å². The minimum Gasteiger partial charge on any atom is -0.507 e. The van der Waals surface area contributed by atoms with Gasteiger partial charge < -0.3 is 25.7 Å². The molecule has 11 nitrogen and oxygen atoms in total. The van der Waals surface area contributed by atoms with E-state index in [1.165, 1.54) is 17.0 Å². The van der Waals surface area contributed by atoms with Gasteiger partial charge >= 0.3 is 0 Å². The maximum absolute atomic E-state index is 13.6. The molecule has 204 valence electrons. The highest BCUT2D eigenvalue weighted by Gasteiger charge is 2.36. The van der Waals surface area contributed by atoms with Gasteiger partial charge in [-0.3, -0.25) is 19.9 Å². The molecule has 14 heteroatoms. The summed E-state index contributed by atoms with van der Waals surface area (Å²) in [4.78, 5) is 32.7. The predicted octanol–water partition coefficient (Wildman–Crippen LogP) is 3.96. The minimum absolute atomic E-state index is 0.00265. The van der Waals surface area contributed by atoms with E-state index in [0.717, 1.165) is 23.5 Å². The Morgan fingerprint density at radius 1 is 1.31 bits per heavy atom. The second-order valence-corrected chi connectivity index (χ2v) is 10.9. The summed E-state index contributed by atoms with van der Waals surface area (Å²) in [6.07, 6.45) is 1.76. The first-order valence-electron chi connectivity index (χ1n) is 12.2. The number of halogens is 2. The average Bonchev–Trinajstić information content (AvgIpc) is 3.56. The van der Waals surface area contributed by atoms with Crippen molar-refractivity contribution in [3.8, 4) is 11.6 Å². The number of phenolic OH excluding ortho intramolecular Hbond substituents is 1. The van der Waals surface area contributed by atoms with Crippen molar-refractivity contribution in [2.75, 3.05) is 29.9 Å². The number of aromatic hydroxyl groups is 2. The molecule has 2 aliphatic heterocycles. The lowest BCUT2D eigenvalue weighted by Gasteiger charge is -2.22. The van der Waals surface area contributed by atoms with Crippen molar-refractivity contribution < 1.29 is 19.8 Å². The van der Waals surface area contributed by atoms with Gasteiger partial charge in [0, 0.05) is 49.4 Å². The van der Waals surface area contributed by atoms with Crippen LogP contribution in [0.5, 0.6) is 11.6 Å². The monoisotopic (exact) mass is 589 g/mol. The summed E-state index contributed by atoms with van der Waals surface area (Å²) in [5.74, 6) is -1.05. The maximum Gasteiger partial charge on any atom is 0.263 e. The molecule has 2 aliphatic rings. The van der Waals surface area contributed by atoms with Crippen LogP contribution in [0.25, 0.3) is 0 Å². The topological polar surface area (TPSA) is 155 Å². The highest BCUT2D eigenvalue weighted by molar-refractivity contribution is 7.11. The number of fused-ring (bicyclic) bond motifs is 1. The summed E-state index contributed by atoms with van der Waals surface area (Å²) in [6.45, 7) is 3.29. The van der Waals surface area contributed by atoms with Gasteiger partial charge in [-0.25, -0.2) is 4.98 Å². The van der Waals surface area contributed by atoms with Gasteiger partial charge in [-0.15, -0.1) is 0 Å². The first-order valence-corrected chi connectivity index (χ1v) is 13.8. The second-order valence-electron chi connectivity index (χ2n) is 9.20. The van der Waals surface area contributed by atoms with Crippen LogP contribution in [0.3, 0.4) is 0 Å². The molecule has 1 unspecified atom stereocenters. The molecule has 0 bridgehead atoms. The van der Waals surface area contributed by atoms with Crippen LogP contribution in [-0.2, 0) is 11.2 Å². The van der Waals surface area contributed by atoms with E-state index in [4.69, 9.17) is 28.6 Å². The number of pyridine rings is 1. The maximum atomic E-state index is 13.6. The fourth-order valence-electron chi connectivity index (χ4n) is 4.74. The minimum atomic E-state index is -0.685. The quantitative estimate of drug-likeness (QED) is 0.0692. The number of alkyl halides is 1. The van der Waals surface area contributed by atoms with E-state index in [1.54, 1.807) is 24.0 Å². The Morgan fingerprint density at radius 3 is 2.85 bits per heavy atom. The largest absolute Gasteiger partial charge is 0.507 e. The number of carbonyl (C=O) groups excluding carboxylic acids is 2. The second kappa shape index (κ2) is 10.9. The number of nitrogens with one attached hydrogen (secondary N) is 3. The van der Waals surface area contributed by atoms with E-state index in [-0.39, 0.29) is 39.7 Å². The van der Waals surface area contributed by atoms with E-state index < -0.39 is 11.4 Å². The zero-order valence-electron chi connectivity index (χ0n) is 20.8. The molecule has 0 aliphatic carbocycles. The Bertz CT molecular complexity index is 1480. The molecule has 1 fully saturated rings. The van der Waals surface area contributed by atoms with Crippen LogP contribution >= 0.6 is 34.7 Å². The van der Waals surface area contributed by atoms with Gasteiger partial charge in [0.15, 0.2) is 0 Å². The van der Waals surface area contributed by atoms with Crippen molar-refractivity contribution in [3.05, 3.63) is 51.8 Å². The molecular weight excluding hydrogens is 565 g/mol. The predicted molar refractivity (Wildman–Crippen MR) is 150 cm³/mol. The molecule has 1 atom stereocenters. The summed E-state index contributed by atoms with van der Waals surface area (Å²) in [7, 11) is 0. The van der Waals surface area contributed by atoms with Gasteiger partial charge in [-0.2, -0.15) is 4.37 Å². The number of rotatable bonds is 7. The Hall–Kier alpha value is -3.61. The Morgan fingerprint density at radius 2 is 2.10 bits per heavy atom. The number of amidine groups is 1. The Kier molecular flexibility index (Phi) is 7.52. The molecule has 1 saturated heterocycles. The van der Waals surface area contributed by atoms with Crippen molar-refractivity contribution in [2.24, 2.45) is 0 Å². The number of phenols is 1. The molecule has 5 rings (SSSR count). The summed E-state index contributed by atoms with van der Waals surface area (Å²) in [5, 5.41) is 35.9. The highest BCUT2D eigenvalue weighted by Crippen LogP contribution is 2.39. The van der Waals surface area contributed by atoms with Gasteiger partial charge in [0.2, 0.25) is 11.8 Å². The lowest BCUT2D eigenvalue weighted by Crippen LogP contribution is -2.35. The number of nitrogens with zero attached hydrogens (tertiary/aromatic N) is 4. The van der Waals surface area contributed by atoms with Gasteiger partial charge in [0.25, 0.3) is 5.91 Å². The molecule has 39 heavy (non-hydrogen) atoms. The normalized spacial score (nSPS) is 16.5. The van der Waals surface area contributed by atoms with Crippen LogP contribution < -0.4 is 15.5 Å². The van der Waals surface area contributed by atoms with Crippen molar-refractivity contribution in [3.63, 3.8) is 0 Å². The molecule has 0 spiro atoms. The van der Waals surface area contributed by atoms with E-state index in [9.17, 15) is 19.8 Å². The number of hydrogen-bond donors (Lipinski definition) is 5. The number of carbonyl (C=O) groups is 2. The average molecular weight is 590 g/mol. The van der Waals surface area contributed by atoms with Gasteiger partial charge in [-0.05, 0) is 49.1 Å². The van der Waals surface area contributed by atoms with E-state index in [0.29, 0.717) is 54.5 Å². The number of hydrogen-bond acceptors (Lipinski definition) is 9. The number of anilines is 3. The summed E-state index contributed by atoms with van der Waals surface area (Å²) < 4.78 is 3.95. The molecule has 1 aromatic carbocycles. The SMILES string of the molecule is Cc1nc(Cl)cc2c1CC(Cl)N2C(=O)c1cc(Nc2snc(O)c2C(=N)NCCN2CCCC2=O)ccc1O. The lowest BCUT2D eigenvalue weighted by atomic mass is 10.1. The number of benzene rings is 1. The van der Waals surface area contributed by atoms with E-state index >= 15 is 0 Å². The zero-order chi connectivity index (χ0) is 27.8. The first-order chi connectivity index (χ1) is 18.6. The molecule has 0 radical (unpaired) electrons. The Balaban J connectivity index is 1.34. The van der Waals surface area contributed by atoms with E-state index in [2.05, 4.69) is 20.0 Å². The number of amides is 2. The van der Waals surface area contributed by atoms with Crippen molar-refractivity contribution >= 4 is 68.8 Å². The fourth-order valence-corrected chi connectivity index (χ4v) is 6.04. The van der Waals surface area contributed by atoms with Crippen molar-refractivity contribution in [1.29, 1.82) is 5.41 Å². The summed E-state index contributed by atoms with van der Waals surface area (Å²) >= 11 is 13.6. The van der Waals surface area contributed by atoms with Crippen LogP contribution in [0.1, 0.15) is 40.0 Å². The molecule has 2 aromatic heterocycles. The standard InChI is InChI=1S/C25H25Cl2N7O4S/c1-12-14-10-19(27)34(16(14)11-18(26)30-12)25(38)15-9-13(4-5-17(15)35)31-24-21(23(37)32-39-24)22(28)29-6-8-33-7-2-3-20(33)36/h4-5,9,11,19,31,35H,2-3,6-8,10H2,1H3,(H2,28,29)(H,32,37). The fraction of sp³-hybridized carbons (Fsp3) is 0.320. The molecule has 3 aromatic rings. The molecular formula is C25H25Cl2N7O4S. The first kappa shape index (κ1) is 27.0. The number of aryl methyl sites for hydroxylation is 1. The molecule has 0 saturated carbocycles. The third-order valence-corrected chi connectivity index (χ3v) is 7.97. The summed E-state index contributed by atoms with van der Waals surface area (Å²) in [6, 6.07) is 5.97. The van der Waals surface area contributed by atoms with Crippen LogP contribution in [0, 0.1) is 12.3 Å². The number of aromatic nitrogens is 2. The lowest BCUT2D eigenvalue weighted by molar-refractivity contribution is -0.127.